The van der Waals surface area contributed by atoms with Crippen molar-refractivity contribution in [3.8, 4) is 11.3 Å². The van der Waals surface area contributed by atoms with Gasteiger partial charge in [0, 0.05) is 22.4 Å². The van der Waals surface area contributed by atoms with Gasteiger partial charge in [-0.25, -0.2) is 4.68 Å². The molecule has 2 aromatic heterocycles. The first-order chi connectivity index (χ1) is 11.3. The summed E-state index contributed by atoms with van der Waals surface area (Å²) in [6.07, 6.45) is 2.18. The van der Waals surface area contributed by atoms with Gasteiger partial charge in [-0.3, -0.25) is 4.21 Å². The van der Waals surface area contributed by atoms with Crippen molar-refractivity contribution in [2.75, 3.05) is 0 Å². The summed E-state index contributed by atoms with van der Waals surface area (Å²) in [5.74, 6) is 2.02. The Labute approximate surface area is 135 Å². The molecule has 0 spiro atoms. The summed E-state index contributed by atoms with van der Waals surface area (Å²) in [4.78, 5) is 0. The summed E-state index contributed by atoms with van der Waals surface area (Å²) in [7, 11) is -1.13. The van der Waals surface area contributed by atoms with Crippen LogP contribution < -0.4 is 0 Å². The van der Waals surface area contributed by atoms with E-state index >= 15 is 0 Å². The molecule has 1 aromatic carbocycles. The van der Waals surface area contributed by atoms with E-state index in [1.165, 1.54) is 0 Å². The molecule has 1 unspecified atom stereocenters. The number of tetrazole rings is 1. The minimum Gasteiger partial charge on any atom is -0.356 e. The van der Waals surface area contributed by atoms with Gasteiger partial charge in [-0.05, 0) is 23.3 Å². The summed E-state index contributed by atoms with van der Waals surface area (Å²) in [5, 5.41) is 15.6. The zero-order valence-electron chi connectivity index (χ0n) is 12.3. The van der Waals surface area contributed by atoms with Crippen molar-refractivity contribution in [3.63, 3.8) is 0 Å². The molecule has 0 radical (unpaired) electrons. The predicted molar refractivity (Wildman–Crippen MR) is 83.6 cm³/mol. The van der Waals surface area contributed by atoms with E-state index < -0.39 is 10.8 Å². The first-order valence-electron chi connectivity index (χ1n) is 7.42. The van der Waals surface area contributed by atoms with Gasteiger partial charge in [-0.2, -0.15) is 0 Å². The van der Waals surface area contributed by atoms with Crippen molar-refractivity contribution >= 4 is 10.8 Å². The fourth-order valence-corrected chi connectivity index (χ4v) is 3.43. The molecule has 0 N–H and O–H groups in total. The quantitative estimate of drug-likeness (QED) is 0.688. The van der Waals surface area contributed by atoms with Gasteiger partial charge in [0.1, 0.15) is 0 Å². The maximum Gasteiger partial charge on any atom is 0.167 e. The van der Waals surface area contributed by atoms with Gasteiger partial charge in [0.05, 0.1) is 23.2 Å². The second-order valence-corrected chi connectivity index (χ2v) is 7.00. The van der Waals surface area contributed by atoms with Crippen LogP contribution in [0.1, 0.15) is 30.4 Å². The number of aromatic nitrogens is 5. The molecular formula is C15H15N5O2S. The third kappa shape index (κ3) is 3.21. The van der Waals surface area contributed by atoms with Gasteiger partial charge in [0.2, 0.25) is 0 Å². The second kappa shape index (κ2) is 6.04. The largest absolute Gasteiger partial charge is 0.356 e. The lowest BCUT2D eigenvalue weighted by atomic mass is 10.2. The van der Waals surface area contributed by atoms with Gasteiger partial charge in [-0.15, -0.1) is 5.10 Å². The van der Waals surface area contributed by atoms with Crippen molar-refractivity contribution in [3.05, 3.63) is 47.9 Å². The molecule has 1 aliphatic rings. The van der Waals surface area contributed by atoms with E-state index in [2.05, 4.69) is 20.7 Å². The minimum absolute atomic E-state index is 0.327. The summed E-state index contributed by atoms with van der Waals surface area (Å²) in [5.41, 5.74) is 1.63. The molecular weight excluding hydrogens is 314 g/mol. The monoisotopic (exact) mass is 329 g/mol. The van der Waals surface area contributed by atoms with Crippen molar-refractivity contribution in [2.24, 2.45) is 0 Å². The van der Waals surface area contributed by atoms with E-state index in [1.807, 2.05) is 36.4 Å². The van der Waals surface area contributed by atoms with Crippen LogP contribution >= 0.6 is 0 Å². The van der Waals surface area contributed by atoms with Crippen LogP contribution in [0, 0.1) is 0 Å². The normalized spacial score (nSPS) is 15.7. The van der Waals surface area contributed by atoms with Crippen LogP contribution in [0.2, 0.25) is 0 Å². The molecule has 0 bridgehead atoms. The average molecular weight is 329 g/mol. The topological polar surface area (TPSA) is 86.7 Å². The maximum absolute atomic E-state index is 12.3. The highest BCUT2D eigenvalue weighted by Gasteiger charge is 2.28. The van der Waals surface area contributed by atoms with Crippen molar-refractivity contribution < 1.29 is 8.73 Å². The number of benzene rings is 1. The summed E-state index contributed by atoms with van der Waals surface area (Å²) in [6.45, 7) is 0. The molecule has 1 fully saturated rings. The van der Waals surface area contributed by atoms with Crippen LogP contribution in [0.25, 0.3) is 11.3 Å². The lowest BCUT2D eigenvalue weighted by molar-refractivity contribution is 0.426. The lowest BCUT2D eigenvalue weighted by Gasteiger charge is -2.01. The van der Waals surface area contributed by atoms with Crippen LogP contribution in [0.3, 0.4) is 0 Å². The second-order valence-electron chi connectivity index (χ2n) is 5.55. The Morgan fingerprint density at radius 1 is 1.22 bits per heavy atom. The third-order valence-electron chi connectivity index (χ3n) is 3.67. The fraction of sp³-hybridized carbons (Fsp3) is 0.333. The molecule has 1 aliphatic carbocycles. The van der Waals surface area contributed by atoms with Crippen LogP contribution in [-0.4, -0.2) is 29.6 Å². The van der Waals surface area contributed by atoms with Gasteiger partial charge in [0.15, 0.2) is 11.6 Å². The Balaban J connectivity index is 1.43. The Bertz CT molecular complexity index is 825. The molecule has 0 amide bonds. The molecule has 4 rings (SSSR count). The molecule has 1 saturated carbocycles. The predicted octanol–water partition coefficient (Wildman–Crippen LogP) is 2.11. The van der Waals surface area contributed by atoms with Crippen LogP contribution in [0.5, 0.6) is 0 Å². The molecule has 2 heterocycles. The van der Waals surface area contributed by atoms with E-state index in [1.54, 1.807) is 4.68 Å². The van der Waals surface area contributed by atoms with E-state index in [0.29, 0.717) is 34.8 Å². The summed E-state index contributed by atoms with van der Waals surface area (Å²) in [6, 6.07) is 11.9. The molecule has 23 heavy (non-hydrogen) atoms. The van der Waals surface area contributed by atoms with Crippen LogP contribution in [0.15, 0.2) is 40.9 Å². The van der Waals surface area contributed by atoms with E-state index in [-0.39, 0.29) is 0 Å². The lowest BCUT2D eigenvalue weighted by Crippen LogP contribution is -2.08. The summed E-state index contributed by atoms with van der Waals surface area (Å²) < 4.78 is 19.5. The molecule has 0 saturated heterocycles. The molecule has 8 heteroatoms. The minimum atomic E-state index is -1.13. The molecule has 1 atom stereocenters. The van der Waals surface area contributed by atoms with E-state index in [9.17, 15) is 4.21 Å². The number of hydrogen-bond donors (Lipinski definition) is 0. The zero-order valence-corrected chi connectivity index (χ0v) is 13.1. The number of rotatable bonds is 6. The first-order valence-corrected chi connectivity index (χ1v) is 8.91. The van der Waals surface area contributed by atoms with Gasteiger partial charge in [0.25, 0.3) is 0 Å². The molecule has 3 aromatic rings. The molecule has 0 aliphatic heterocycles. The fourth-order valence-electron chi connectivity index (χ4n) is 2.39. The average Bonchev–Trinajstić information content (AvgIpc) is 3.13. The maximum atomic E-state index is 12.3. The highest BCUT2D eigenvalue weighted by molar-refractivity contribution is 7.83. The van der Waals surface area contributed by atoms with Crippen molar-refractivity contribution in [1.29, 1.82) is 0 Å². The van der Waals surface area contributed by atoms with Crippen LogP contribution in [0.4, 0.5) is 0 Å². The Kier molecular flexibility index (Phi) is 3.74. The highest BCUT2D eigenvalue weighted by atomic mass is 32.2. The van der Waals surface area contributed by atoms with Gasteiger partial charge < -0.3 is 4.52 Å². The van der Waals surface area contributed by atoms with Crippen molar-refractivity contribution in [1.82, 2.24) is 25.4 Å². The SMILES string of the molecule is O=S(Cc1cc(-c2ccccc2)on1)Cc1nnnn1C1CC1. The van der Waals surface area contributed by atoms with E-state index in [4.69, 9.17) is 4.52 Å². The number of nitrogens with zero attached hydrogens (tertiary/aromatic N) is 5. The molecule has 118 valence electrons. The van der Waals surface area contributed by atoms with Crippen molar-refractivity contribution in [2.45, 2.75) is 30.4 Å². The first kappa shape index (κ1) is 14.3. The zero-order chi connectivity index (χ0) is 15.6. The Morgan fingerprint density at radius 2 is 2.04 bits per heavy atom. The smallest absolute Gasteiger partial charge is 0.167 e. The molecule has 7 nitrogen and oxygen atoms in total. The number of hydrogen-bond acceptors (Lipinski definition) is 6. The Hall–Kier alpha value is -2.35. The van der Waals surface area contributed by atoms with E-state index in [0.717, 1.165) is 18.4 Å². The van der Waals surface area contributed by atoms with Gasteiger partial charge in [-0.1, -0.05) is 35.5 Å². The summed E-state index contributed by atoms with van der Waals surface area (Å²) >= 11 is 0. The van der Waals surface area contributed by atoms with Gasteiger partial charge >= 0.3 is 0 Å². The van der Waals surface area contributed by atoms with Crippen LogP contribution in [-0.2, 0) is 22.3 Å². The highest BCUT2D eigenvalue weighted by Crippen LogP contribution is 2.34. The third-order valence-corrected chi connectivity index (χ3v) is 4.87. The Morgan fingerprint density at radius 3 is 2.83 bits per heavy atom. The standard InChI is InChI=1S/C15H15N5O2S/c21-23(10-15-16-18-19-20(15)13-6-7-13)9-12-8-14(22-17-12)11-4-2-1-3-5-11/h1-5,8,13H,6-7,9-10H2.